The molecular formula is C18H28N4O2. The third-order valence-corrected chi connectivity index (χ3v) is 4.74. The fourth-order valence-electron chi connectivity index (χ4n) is 3.53. The molecule has 2 aromatic rings. The van der Waals surface area contributed by atoms with Crippen LogP contribution in [0, 0.1) is 6.92 Å². The molecule has 0 aromatic carbocycles. The number of aryl methyl sites for hydroxylation is 2. The molecule has 3 rings (SSSR count). The molecule has 3 heterocycles. The third-order valence-electron chi connectivity index (χ3n) is 4.74. The van der Waals surface area contributed by atoms with Gasteiger partial charge in [0.25, 0.3) is 0 Å². The maximum absolute atomic E-state index is 5.98. The molecule has 132 valence electrons. The SMILES string of the molecule is COc1c([C@@H]2CCCN2Cc2ncc(C(C)(C)C)o2)c(C)nn1C. The van der Waals surface area contributed by atoms with Crippen LogP contribution in [0.4, 0.5) is 0 Å². The van der Waals surface area contributed by atoms with E-state index in [0.717, 1.165) is 49.2 Å². The van der Waals surface area contributed by atoms with E-state index < -0.39 is 0 Å². The van der Waals surface area contributed by atoms with Crippen molar-refractivity contribution in [3.8, 4) is 5.88 Å². The monoisotopic (exact) mass is 332 g/mol. The lowest BCUT2D eigenvalue weighted by atomic mass is 9.94. The van der Waals surface area contributed by atoms with Gasteiger partial charge in [-0.05, 0) is 26.3 Å². The summed E-state index contributed by atoms with van der Waals surface area (Å²) in [4.78, 5) is 6.91. The second-order valence-electron chi connectivity index (χ2n) is 7.63. The summed E-state index contributed by atoms with van der Waals surface area (Å²) in [7, 11) is 3.64. The highest BCUT2D eigenvalue weighted by molar-refractivity contribution is 5.35. The smallest absolute Gasteiger partial charge is 0.216 e. The van der Waals surface area contributed by atoms with E-state index in [-0.39, 0.29) is 5.41 Å². The van der Waals surface area contributed by atoms with Crippen molar-refractivity contribution in [2.45, 2.75) is 58.5 Å². The first-order valence-corrected chi connectivity index (χ1v) is 8.58. The van der Waals surface area contributed by atoms with Gasteiger partial charge >= 0.3 is 0 Å². The first-order chi connectivity index (χ1) is 11.3. The summed E-state index contributed by atoms with van der Waals surface area (Å²) in [5.41, 5.74) is 2.22. The van der Waals surface area contributed by atoms with Crippen LogP contribution >= 0.6 is 0 Å². The van der Waals surface area contributed by atoms with E-state index in [1.54, 1.807) is 7.11 Å². The van der Waals surface area contributed by atoms with Crippen molar-refractivity contribution in [3.05, 3.63) is 29.1 Å². The van der Waals surface area contributed by atoms with E-state index in [1.807, 2.05) is 17.9 Å². The minimum absolute atomic E-state index is 0.0151. The van der Waals surface area contributed by atoms with Crippen LogP contribution in [-0.2, 0) is 19.0 Å². The van der Waals surface area contributed by atoms with Gasteiger partial charge in [0.15, 0.2) is 0 Å². The number of methoxy groups -OCH3 is 1. The van der Waals surface area contributed by atoms with Crippen molar-refractivity contribution in [1.82, 2.24) is 19.7 Å². The summed E-state index contributed by atoms with van der Waals surface area (Å²) >= 11 is 0. The van der Waals surface area contributed by atoms with E-state index >= 15 is 0 Å². The maximum atomic E-state index is 5.98. The number of rotatable bonds is 4. The number of ether oxygens (including phenoxy) is 1. The first kappa shape index (κ1) is 17.0. The number of nitrogens with zero attached hydrogens (tertiary/aromatic N) is 4. The second kappa shape index (κ2) is 6.24. The van der Waals surface area contributed by atoms with Crippen LogP contribution in [0.3, 0.4) is 0 Å². The van der Waals surface area contributed by atoms with Crippen LogP contribution in [0.5, 0.6) is 5.88 Å². The first-order valence-electron chi connectivity index (χ1n) is 8.58. The van der Waals surface area contributed by atoms with Gasteiger partial charge in [0, 0.05) is 18.5 Å². The highest BCUT2D eigenvalue weighted by Gasteiger charge is 2.33. The van der Waals surface area contributed by atoms with E-state index in [1.165, 1.54) is 5.56 Å². The number of likely N-dealkylation sites (tertiary alicyclic amines) is 1. The van der Waals surface area contributed by atoms with Crippen LogP contribution in [0.25, 0.3) is 0 Å². The van der Waals surface area contributed by atoms with E-state index in [0.29, 0.717) is 6.04 Å². The van der Waals surface area contributed by atoms with Gasteiger partial charge in [0.1, 0.15) is 5.76 Å². The fraction of sp³-hybridized carbons (Fsp3) is 0.667. The molecule has 0 amide bonds. The van der Waals surface area contributed by atoms with Crippen LogP contribution in [-0.4, -0.2) is 33.3 Å². The Bertz CT molecular complexity index is 711. The summed E-state index contributed by atoms with van der Waals surface area (Å²) < 4.78 is 13.4. The van der Waals surface area contributed by atoms with Gasteiger partial charge in [-0.15, -0.1) is 0 Å². The minimum atomic E-state index is -0.0151. The molecule has 1 saturated heterocycles. The minimum Gasteiger partial charge on any atom is -0.481 e. The fourth-order valence-corrected chi connectivity index (χ4v) is 3.53. The van der Waals surface area contributed by atoms with Crippen molar-refractivity contribution < 1.29 is 9.15 Å². The number of hydrogen-bond donors (Lipinski definition) is 0. The highest BCUT2D eigenvalue weighted by atomic mass is 16.5. The Labute approximate surface area is 143 Å². The average Bonchev–Trinajstić information content (AvgIpc) is 3.18. The predicted molar refractivity (Wildman–Crippen MR) is 92.1 cm³/mol. The van der Waals surface area contributed by atoms with Gasteiger partial charge in [0.05, 0.1) is 31.1 Å². The third kappa shape index (κ3) is 3.07. The van der Waals surface area contributed by atoms with Gasteiger partial charge in [-0.25, -0.2) is 9.67 Å². The second-order valence-corrected chi connectivity index (χ2v) is 7.63. The largest absolute Gasteiger partial charge is 0.481 e. The van der Waals surface area contributed by atoms with Crippen molar-refractivity contribution >= 4 is 0 Å². The molecule has 0 radical (unpaired) electrons. The summed E-state index contributed by atoms with van der Waals surface area (Å²) in [6, 6.07) is 0.304. The predicted octanol–water partition coefficient (Wildman–Crippen LogP) is 3.36. The van der Waals surface area contributed by atoms with Gasteiger partial charge in [-0.1, -0.05) is 20.8 Å². The molecule has 0 unspecified atom stereocenters. The van der Waals surface area contributed by atoms with Gasteiger partial charge in [-0.2, -0.15) is 5.10 Å². The van der Waals surface area contributed by atoms with Gasteiger partial charge in [0.2, 0.25) is 11.8 Å². The molecule has 1 aliphatic heterocycles. The number of hydrogen-bond acceptors (Lipinski definition) is 5. The van der Waals surface area contributed by atoms with Crippen LogP contribution < -0.4 is 4.74 Å². The topological polar surface area (TPSA) is 56.3 Å². The Morgan fingerprint density at radius 1 is 1.38 bits per heavy atom. The Hall–Kier alpha value is -1.82. The average molecular weight is 332 g/mol. The standard InChI is InChI=1S/C18H28N4O2/c1-12-16(17(23-6)21(5)20-12)13-8-7-9-22(13)11-15-19-10-14(24-15)18(2,3)4/h10,13H,7-9,11H2,1-6H3/t13-/m0/s1. The zero-order valence-corrected chi connectivity index (χ0v) is 15.6. The molecule has 0 N–H and O–H groups in total. The van der Waals surface area contributed by atoms with E-state index in [9.17, 15) is 0 Å². The Balaban J connectivity index is 1.83. The van der Waals surface area contributed by atoms with Crippen molar-refractivity contribution in [1.29, 1.82) is 0 Å². The molecule has 1 fully saturated rings. The van der Waals surface area contributed by atoms with Crippen LogP contribution in [0.1, 0.15) is 62.6 Å². The summed E-state index contributed by atoms with van der Waals surface area (Å²) in [6.45, 7) is 10.2. The molecule has 0 aliphatic carbocycles. The summed E-state index contributed by atoms with van der Waals surface area (Å²) in [6.07, 6.45) is 4.13. The molecule has 24 heavy (non-hydrogen) atoms. The Morgan fingerprint density at radius 2 is 2.12 bits per heavy atom. The molecule has 0 saturated carbocycles. The van der Waals surface area contributed by atoms with E-state index in [2.05, 4.69) is 42.7 Å². The lowest BCUT2D eigenvalue weighted by molar-refractivity contribution is 0.213. The summed E-state index contributed by atoms with van der Waals surface area (Å²) in [5.74, 6) is 2.57. The molecule has 1 atom stereocenters. The Kier molecular flexibility index (Phi) is 4.42. The molecular weight excluding hydrogens is 304 g/mol. The van der Waals surface area contributed by atoms with Crippen LogP contribution in [0.2, 0.25) is 0 Å². The van der Waals surface area contributed by atoms with Crippen LogP contribution in [0.15, 0.2) is 10.6 Å². The maximum Gasteiger partial charge on any atom is 0.216 e. The van der Waals surface area contributed by atoms with Crippen molar-refractivity contribution in [2.24, 2.45) is 7.05 Å². The molecule has 6 heteroatoms. The zero-order valence-electron chi connectivity index (χ0n) is 15.6. The molecule has 6 nitrogen and oxygen atoms in total. The number of oxazole rings is 1. The highest BCUT2D eigenvalue weighted by Crippen LogP contribution is 2.39. The zero-order chi connectivity index (χ0) is 17.5. The quantitative estimate of drug-likeness (QED) is 0.859. The lowest BCUT2D eigenvalue weighted by Crippen LogP contribution is -2.23. The number of aromatic nitrogens is 3. The molecule has 2 aromatic heterocycles. The molecule has 0 bridgehead atoms. The Morgan fingerprint density at radius 3 is 2.75 bits per heavy atom. The normalized spacial score (nSPS) is 19.2. The molecule has 0 spiro atoms. The van der Waals surface area contributed by atoms with Crippen molar-refractivity contribution in [3.63, 3.8) is 0 Å². The summed E-state index contributed by atoms with van der Waals surface area (Å²) in [5, 5.41) is 4.53. The van der Waals surface area contributed by atoms with Gasteiger partial charge < -0.3 is 9.15 Å². The van der Waals surface area contributed by atoms with E-state index in [4.69, 9.17) is 9.15 Å². The lowest BCUT2D eigenvalue weighted by Gasteiger charge is -2.23. The van der Waals surface area contributed by atoms with Crippen molar-refractivity contribution in [2.75, 3.05) is 13.7 Å². The molecule has 1 aliphatic rings. The van der Waals surface area contributed by atoms with Gasteiger partial charge in [-0.3, -0.25) is 4.90 Å².